The largest absolute Gasteiger partial charge is 0.299 e. The third-order valence-electron chi connectivity index (χ3n) is 6.67. The molecule has 0 saturated heterocycles. The first-order valence-electron chi connectivity index (χ1n) is 12.3. The van der Waals surface area contributed by atoms with E-state index in [0.717, 1.165) is 12.8 Å². The number of ketones is 1. The first kappa shape index (κ1) is 23.7. The fourth-order valence-corrected chi connectivity index (χ4v) is 4.84. The van der Waals surface area contributed by atoms with E-state index < -0.39 is 0 Å². The lowest BCUT2D eigenvalue weighted by atomic mass is 9.75. The zero-order valence-corrected chi connectivity index (χ0v) is 18.3. The van der Waals surface area contributed by atoms with Crippen LogP contribution in [0.25, 0.3) is 0 Å². The summed E-state index contributed by atoms with van der Waals surface area (Å²) in [6.07, 6.45) is 27.6. The highest BCUT2D eigenvalue weighted by Crippen LogP contribution is 2.43. The van der Waals surface area contributed by atoms with Crippen LogP contribution in [-0.2, 0) is 4.79 Å². The molecule has 0 amide bonds. The molecule has 0 atom stereocenters. The number of carbonyl (C=O) groups excluding carboxylic acids is 1. The van der Waals surface area contributed by atoms with Gasteiger partial charge in [0.15, 0.2) is 0 Å². The zero-order chi connectivity index (χ0) is 18.9. The highest BCUT2D eigenvalue weighted by Gasteiger charge is 2.40. The molecular formula is C25H48O. The van der Waals surface area contributed by atoms with Gasteiger partial charge in [-0.25, -0.2) is 0 Å². The van der Waals surface area contributed by atoms with Gasteiger partial charge in [-0.15, -0.1) is 0 Å². The maximum Gasteiger partial charge on any atom is 0.139 e. The highest BCUT2D eigenvalue weighted by molar-refractivity contribution is 5.86. The minimum absolute atomic E-state index is 0.102. The molecule has 0 aromatic heterocycles. The summed E-state index contributed by atoms with van der Waals surface area (Å²) in [4.78, 5) is 12.6. The van der Waals surface area contributed by atoms with Crippen molar-refractivity contribution in [2.75, 3.05) is 0 Å². The zero-order valence-electron chi connectivity index (χ0n) is 18.3. The average molecular weight is 365 g/mol. The van der Waals surface area contributed by atoms with Gasteiger partial charge in [0.05, 0.1) is 0 Å². The Morgan fingerprint density at radius 2 is 1.00 bits per heavy atom. The fraction of sp³-hybridized carbons (Fsp3) is 0.960. The first-order chi connectivity index (χ1) is 12.7. The van der Waals surface area contributed by atoms with E-state index >= 15 is 0 Å². The molecule has 0 unspecified atom stereocenters. The Bertz CT molecular complexity index is 313. The summed E-state index contributed by atoms with van der Waals surface area (Å²) in [5, 5.41) is 0. The van der Waals surface area contributed by atoms with E-state index in [9.17, 15) is 4.79 Å². The predicted molar refractivity (Wildman–Crippen MR) is 116 cm³/mol. The van der Waals surface area contributed by atoms with Crippen LogP contribution in [-0.4, -0.2) is 5.78 Å². The Morgan fingerprint density at radius 3 is 1.35 bits per heavy atom. The molecule has 1 fully saturated rings. The SMILES string of the molecule is CCCCCCCCCCC1(CCCCCCCCCC)CCCC1=O. The van der Waals surface area contributed by atoms with E-state index in [1.165, 1.54) is 122 Å². The second-order valence-corrected chi connectivity index (χ2v) is 9.01. The molecule has 0 aromatic rings. The monoisotopic (exact) mass is 364 g/mol. The van der Waals surface area contributed by atoms with Gasteiger partial charge in [0.25, 0.3) is 0 Å². The Hall–Kier alpha value is -0.330. The smallest absolute Gasteiger partial charge is 0.139 e. The lowest BCUT2D eigenvalue weighted by molar-refractivity contribution is -0.126. The van der Waals surface area contributed by atoms with Crippen molar-refractivity contribution in [3.8, 4) is 0 Å². The number of Topliss-reactive ketones (excluding diaryl/α,β-unsaturated/α-hetero) is 1. The molecule has 26 heavy (non-hydrogen) atoms. The van der Waals surface area contributed by atoms with Crippen molar-refractivity contribution in [3.05, 3.63) is 0 Å². The van der Waals surface area contributed by atoms with Crippen molar-refractivity contribution in [1.29, 1.82) is 0 Å². The number of hydrogen-bond acceptors (Lipinski definition) is 1. The van der Waals surface area contributed by atoms with Gasteiger partial charge in [0.2, 0.25) is 0 Å². The summed E-state index contributed by atoms with van der Waals surface area (Å²) in [7, 11) is 0. The van der Waals surface area contributed by atoms with Gasteiger partial charge in [-0.3, -0.25) is 4.79 Å². The van der Waals surface area contributed by atoms with Gasteiger partial charge in [0, 0.05) is 11.8 Å². The van der Waals surface area contributed by atoms with Crippen molar-refractivity contribution in [2.24, 2.45) is 5.41 Å². The van der Waals surface area contributed by atoms with E-state index in [1.54, 1.807) is 0 Å². The Labute approximate surface area is 165 Å². The molecule has 0 radical (unpaired) electrons. The van der Waals surface area contributed by atoms with E-state index in [2.05, 4.69) is 13.8 Å². The Morgan fingerprint density at radius 1 is 0.615 bits per heavy atom. The molecule has 154 valence electrons. The molecule has 0 aromatic carbocycles. The van der Waals surface area contributed by atoms with Crippen LogP contribution in [0.4, 0.5) is 0 Å². The Balaban J connectivity index is 2.12. The summed E-state index contributed by atoms with van der Waals surface area (Å²) in [5.74, 6) is 0.614. The lowest BCUT2D eigenvalue weighted by Gasteiger charge is -2.27. The van der Waals surface area contributed by atoms with Gasteiger partial charge in [-0.2, -0.15) is 0 Å². The van der Waals surface area contributed by atoms with Crippen LogP contribution in [0.2, 0.25) is 0 Å². The second kappa shape index (κ2) is 15.7. The summed E-state index contributed by atoms with van der Waals surface area (Å²) in [6.45, 7) is 4.56. The van der Waals surface area contributed by atoms with Gasteiger partial charge >= 0.3 is 0 Å². The van der Waals surface area contributed by atoms with Crippen LogP contribution in [0.5, 0.6) is 0 Å². The minimum Gasteiger partial charge on any atom is -0.299 e. The topological polar surface area (TPSA) is 17.1 Å². The van der Waals surface area contributed by atoms with Crippen LogP contribution in [0.15, 0.2) is 0 Å². The molecule has 0 aliphatic heterocycles. The third kappa shape index (κ3) is 10.1. The quantitative estimate of drug-likeness (QED) is 0.222. The first-order valence-corrected chi connectivity index (χ1v) is 12.3. The van der Waals surface area contributed by atoms with Gasteiger partial charge in [0.1, 0.15) is 5.78 Å². The maximum atomic E-state index is 12.6. The maximum absolute atomic E-state index is 12.6. The normalized spacial score (nSPS) is 16.5. The molecule has 0 N–H and O–H groups in total. The van der Waals surface area contributed by atoms with Gasteiger partial charge in [-0.05, 0) is 25.7 Å². The molecule has 0 spiro atoms. The summed E-state index contributed by atoms with van der Waals surface area (Å²) in [6, 6.07) is 0. The minimum atomic E-state index is 0.102. The molecule has 1 aliphatic rings. The molecule has 1 rings (SSSR count). The summed E-state index contributed by atoms with van der Waals surface area (Å²) >= 11 is 0. The van der Waals surface area contributed by atoms with Crippen LogP contribution < -0.4 is 0 Å². The summed E-state index contributed by atoms with van der Waals surface area (Å²) in [5.41, 5.74) is 0.102. The molecule has 0 heterocycles. The van der Waals surface area contributed by atoms with Gasteiger partial charge < -0.3 is 0 Å². The van der Waals surface area contributed by atoms with Crippen LogP contribution in [0, 0.1) is 5.41 Å². The fourth-order valence-electron chi connectivity index (χ4n) is 4.84. The van der Waals surface area contributed by atoms with E-state index in [1.807, 2.05) is 0 Å². The van der Waals surface area contributed by atoms with Crippen LogP contribution >= 0.6 is 0 Å². The molecular weight excluding hydrogens is 316 g/mol. The van der Waals surface area contributed by atoms with Crippen molar-refractivity contribution >= 4 is 5.78 Å². The second-order valence-electron chi connectivity index (χ2n) is 9.01. The van der Waals surface area contributed by atoms with Gasteiger partial charge in [-0.1, -0.05) is 117 Å². The highest BCUT2D eigenvalue weighted by atomic mass is 16.1. The molecule has 1 nitrogen and oxygen atoms in total. The molecule has 1 aliphatic carbocycles. The average Bonchev–Trinajstić information content (AvgIpc) is 3.00. The standard InChI is InChI=1S/C25H48O/c1-3-5-7-9-11-13-15-17-21-25(23-19-20-24(25)26)22-18-16-14-12-10-8-6-4-2/h3-23H2,1-2H3. The van der Waals surface area contributed by atoms with Crippen molar-refractivity contribution < 1.29 is 4.79 Å². The number of hydrogen-bond donors (Lipinski definition) is 0. The number of rotatable bonds is 18. The Kier molecular flexibility index (Phi) is 14.3. The van der Waals surface area contributed by atoms with E-state index in [-0.39, 0.29) is 5.41 Å². The number of carbonyl (C=O) groups is 1. The van der Waals surface area contributed by atoms with Crippen LogP contribution in [0.1, 0.15) is 149 Å². The molecule has 0 bridgehead atoms. The summed E-state index contributed by atoms with van der Waals surface area (Å²) < 4.78 is 0. The van der Waals surface area contributed by atoms with E-state index in [4.69, 9.17) is 0 Å². The molecule has 1 heteroatoms. The van der Waals surface area contributed by atoms with Crippen LogP contribution in [0.3, 0.4) is 0 Å². The lowest BCUT2D eigenvalue weighted by Crippen LogP contribution is -2.25. The molecule has 1 saturated carbocycles. The van der Waals surface area contributed by atoms with Crippen molar-refractivity contribution in [2.45, 2.75) is 149 Å². The van der Waals surface area contributed by atoms with E-state index in [0.29, 0.717) is 5.78 Å². The van der Waals surface area contributed by atoms with Crippen molar-refractivity contribution in [1.82, 2.24) is 0 Å². The third-order valence-corrected chi connectivity index (χ3v) is 6.67. The predicted octanol–water partition coefficient (Wildman–Crippen LogP) is 8.79. The number of unbranched alkanes of at least 4 members (excludes halogenated alkanes) is 14. The van der Waals surface area contributed by atoms with Crippen molar-refractivity contribution in [3.63, 3.8) is 0 Å².